The molecule has 0 saturated carbocycles. The van der Waals surface area contributed by atoms with Gasteiger partial charge in [0, 0.05) is 19.3 Å². The molecule has 1 unspecified atom stereocenters. The fraction of sp³-hybridized carbons (Fsp3) is 0.581. The van der Waals surface area contributed by atoms with Gasteiger partial charge in [-0.3, -0.25) is 14.4 Å². The Morgan fingerprint density at radius 2 is 0.487 bits per heavy atom. The van der Waals surface area contributed by atoms with Crippen molar-refractivity contribution >= 4 is 17.9 Å². The highest BCUT2D eigenvalue weighted by Gasteiger charge is 2.19. The van der Waals surface area contributed by atoms with E-state index < -0.39 is 6.10 Å². The van der Waals surface area contributed by atoms with Crippen LogP contribution >= 0.6 is 0 Å². The fourth-order valence-electron chi connectivity index (χ4n) is 8.23. The van der Waals surface area contributed by atoms with Crippen LogP contribution in [-0.2, 0) is 28.6 Å². The molecule has 0 fully saturated rings. The summed E-state index contributed by atoms with van der Waals surface area (Å²) >= 11 is 0. The third-order valence-electron chi connectivity index (χ3n) is 13.0. The molecule has 0 saturated heterocycles. The van der Waals surface area contributed by atoms with E-state index in [2.05, 4.69) is 191 Å². The number of allylic oxidation sites excluding steroid dienone is 28. The number of hydrogen-bond acceptors (Lipinski definition) is 6. The second kappa shape index (κ2) is 66.3. The average molecular weight is 1100 g/mol. The summed E-state index contributed by atoms with van der Waals surface area (Å²) in [6.45, 7) is 6.35. The van der Waals surface area contributed by atoms with Crippen LogP contribution in [0, 0.1) is 0 Å². The van der Waals surface area contributed by atoms with Crippen molar-refractivity contribution in [2.24, 2.45) is 0 Å². The minimum Gasteiger partial charge on any atom is -0.462 e. The van der Waals surface area contributed by atoms with Crippen LogP contribution in [0.2, 0.25) is 0 Å². The Bertz CT molecular complexity index is 1840. The molecule has 6 heteroatoms. The molecule has 0 aliphatic heterocycles. The number of rotatable bonds is 56. The molecule has 0 aromatic carbocycles. The van der Waals surface area contributed by atoms with E-state index in [9.17, 15) is 14.4 Å². The molecule has 448 valence electrons. The zero-order chi connectivity index (χ0) is 57.8. The van der Waals surface area contributed by atoms with Gasteiger partial charge in [-0.1, -0.05) is 274 Å². The lowest BCUT2D eigenvalue weighted by Gasteiger charge is -2.18. The van der Waals surface area contributed by atoms with Crippen molar-refractivity contribution in [2.75, 3.05) is 13.2 Å². The van der Waals surface area contributed by atoms with E-state index in [1.165, 1.54) is 44.9 Å². The highest BCUT2D eigenvalue weighted by atomic mass is 16.6. The van der Waals surface area contributed by atoms with E-state index in [0.29, 0.717) is 12.8 Å². The molecule has 0 rings (SSSR count). The summed E-state index contributed by atoms with van der Waals surface area (Å²) in [5, 5.41) is 0. The average Bonchev–Trinajstić information content (AvgIpc) is 3.46. The van der Waals surface area contributed by atoms with Crippen LogP contribution in [-0.4, -0.2) is 37.2 Å². The van der Waals surface area contributed by atoms with Gasteiger partial charge >= 0.3 is 17.9 Å². The summed E-state index contributed by atoms with van der Waals surface area (Å²) in [5.41, 5.74) is 0. The summed E-state index contributed by atoms with van der Waals surface area (Å²) in [6.07, 6.45) is 98.0. The number of ether oxygens (including phenoxy) is 3. The minimum atomic E-state index is -0.808. The lowest BCUT2D eigenvalue weighted by molar-refractivity contribution is -0.167. The Hall–Kier alpha value is -5.23. The first kappa shape index (κ1) is 74.8. The van der Waals surface area contributed by atoms with Crippen molar-refractivity contribution in [2.45, 2.75) is 264 Å². The SMILES string of the molecule is CC/C=C\C/C=C\C/C=C\C/C=C\C/C=C\C/C=C\C/C=C\C/C=C\C/C=C\C/C=C\CCCCCCC(=O)OCC(COC(=O)CCCCCCCCCCCC)OC(=O)CCCCCC/C=C\C/C=C\C/C=C\C/C=C\CC. The van der Waals surface area contributed by atoms with Gasteiger partial charge in [0.2, 0.25) is 0 Å². The molecule has 0 bridgehead atoms. The highest BCUT2D eigenvalue weighted by Crippen LogP contribution is 2.14. The number of carbonyl (C=O) groups is 3. The Kier molecular flexibility index (Phi) is 61.9. The van der Waals surface area contributed by atoms with E-state index in [-0.39, 0.29) is 37.5 Å². The van der Waals surface area contributed by atoms with Gasteiger partial charge in [-0.05, 0) is 135 Å². The second-order valence-electron chi connectivity index (χ2n) is 20.6. The van der Waals surface area contributed by atoms with Gasteiger partial charge in [0.25, 0.3) is 0 Å². The van der Waals surface area contributed by atoms with Crippen molar-refractivity contribution in [3.05, 3.63) is 170 Å². The molecular weight excluding hydrogens is 985 g/mol. The summed E-state index contributed by atoms with van der Waals surface area (Å²) in [7, 11) is 0. The smallest absolute Gasteiger partial charge is 0.306 e. The molecular formula is C74H116O6. The normalized spacial score (nSPS) is 13.3. The molecule has 0 amide bonds. The molecule has 0 aliphatic carbocycles. The summed E-state index contributed by atoms with van der Waals surface area (Å²) in [4.78, 5) is 38.2. The van der Waals surface area contributed by atoms with Crippen molar-refractivity contribution in [1.29, 1.82) is 0 Å². The van der Waals surface area contributed by atoms with E-state index in [4.69, 9.17) is 14.2 Å². The predicted octanol–water partition coefficient (Wildman–Crippen LogP) is 22.3. The first-order valence-corrected chi connectivity index (χ1v) is 32.1. The summed E-state index contributed by atoms with van der Waals surface area (Å²) in [5.74, 6) is -0.959. The molecule has 80 heavy (non-hydrogen) atoms. The molecule has 6 nitrogen and oxygen atoms in total. The van der Waals surface area contributed by atoms with Gasteiger partial charge in [-0.25, -0.2) is 0 Å². The standard InChI is InChI=1S/C74H116O6/c1-4-7-10-13-16-19-22-24-26-28-29-30-31-32-33-34-35-36-37-38-39-40-41-42-43-44-45-47-48-50-52-55-58-61-64-67-73(76)79-70-71(69-78-72(75)66-63-60-57-54-21-18-15-12-9-6-3)80-74(77)68-65-62-59-56-53-51-49-46-27-25-23-20-17-14-11-8-5-2/h7-8,10-11,16-17,19-20,24-27,29-30,32-33,35-36,38-39,41-42,44-45,48-51,71H,4-6,9,12-15,18,21-23,28,31,34,37,40,43,46-47,52-70H2,1-3H3/b10-7-,11-8-,19-16-,20-17-,26-24-,27-25-,30-29-,33-32-,36-35-,39-38-,42-41-,45-44-,50-48-,51-49-. The van der Waals surface area contributed by atoms with E-state index in [1.807, 2.05) is 0 Å². The van der Waals surface area contributed by atoms with Crippen LogP contribution in [0.15, 0.2) is 170 Å². The number of esters is 3. The maximum atomic E-state index is 12.9. The Labute approximate surface area is 492 Å². The number of unbranched alkanes of at least 4 members (excludes halogenated alkanes) is 17. The number of hydrogen-bond donors (Lipinski definition) is 0. The van der Waals surface area contributed by atoms with Crippen LogP contribution in [0.1, 0.15) is 258 Å². The van der Waals surface area contributed by atoms with Crippen LogP contribution < -0.4 is 0 Å². The van der Waals surface area contributed by atoms with Gasteiger partial charge in [-0.2, -0.15) is 0 Å². The third-order valence-corrected chi connectivity index (χ3v) is 13.0. The van der Waals surface area contributed by atoms with Crippen LogP contribution in [0.25, 0.3) is 0 Å². The second-order valence-corrected chi connectivity index (χ2v) is 20.6. The molecule has 0 aromatic rings. The maximum Gasteiger partial charge on any atom is 0.306 e. The van der Waals surface area contributed by atoms with Gasteiger partial charge in [0.1, 0.15) is 13.2 Å². The monoisotopic (exact) mass is 1100 g/mol. The summed E-state index contributed by atoms with van der Waals surface area (Å²) < 4.78 is 16.8. The zero-order valence-corrected chi connectivity index (χ0v) is 51.3. The summed E-state index contributed by atoms with van der Waals surface area (Å²) in [6, 6.07) is 0. The van der Waals surface area contributed by atoms with Gasteiger partial charge in [0.05, 0.1) is 0 Å². The number of carbonyl (C=O) groups excluding carboxylic acids is 3. The molecule has 0 heterocycles. The van der Waals surface area contributed by atoms with Gasteiger partial charge in [0.15, 0.2) is 6.10 Å². The molecule has 0 N–H and O–H groups in total. The zero-order valence-electron chi connectivity index (χ0n) is 51.3. The van der Waals surface area contributed by atoms with Gasteiger partial charge in [-0.15, -0.1) is 0 Å². The molecule has 0 spiro atoms. The topological polar surface area (TPSA) is 78.9 Å². The van der Waals surface area contributed by atoms with E-state index in [1.54, 1.807) is 0 Å². The Morgan fingerprint density at radius 1 is 0.263 bits per heavy atom. The highest BCUT2D eigenvalue weighted by molar-refractivity contribution is 5.71. The van der Waals surface area contributed by atoms with E-state index in [0.717, 1.165) is 173 Å². The van der Waals surface area contributed by atoms with E-state index >= 15 is 0 Å². The molecule has 1 atom stereocenters. The lowest BCUT2D eigenvalue weighted by atomic mass is 10.1. The first-order chi connectivity index (χ1) is 39.5. The lowest BCUT2D eigenvalue weighted by Crippen LogP contribution is -2.30. The van der Waals surface area contributed by atoms with Crippen LogP contribution in [0.3, 0.4) is 0 Å². The third kappa shape index (κ3) is 63.6. The molecule has 0 aromatic heterocycles. The molecule has 0 radical (unpaired) electrons. The van der Waals surface area contributed by atoms with Crippen molar-refractivity contribution < 1.29 is 28.6 Å². The molecule has 0 aliphatic rings. The Balaban J connectivity index is 4.32. The predicted molar refractivity (Wildman–Crippen MR) is 348 cm³/mol. The van der Waals surface area contributed by atoms with Gasteiger partial charge < -0.3 is 14.2 Å². The Morgan fingerprint density at radius 3 is 0.762 bits per heavy atom. The van der Waals surface area contributed by atoms with Crippen molar-refractivity contribution in [1.82, 2.24) is 0 Å². The first-order valence-electron chi connectivity index (χ1n) is 32.1. The van der Waals surface area contributed by atoms with Crippen molar-refractivity contribution in [3.8, 4) is 0 Å². The fourth-order valence-corrected chi connectivity index (χ4v) is 8.23. The largest absolute Gasteiger partial charge is 0.462 e. The van der Waals surface area contributed by atoms with Crippen molar-refractivity contribution in [3.63, 3.8) is 0 Å². The minimum absolute atomic E-state index is 0.101. The van der Waals surface area contributed by atoms with Crippen LogP contribution in [0.5, 0.6) is 0 Å². The maximum absolute atomic E-state index is 12.9. The van der Waals surface area contributed by atoms with Crippen LogP contribution in [0.4, 0.5) is 0 Å². The quantitative estimate of drug-likeness (QED) is 0.0261.